The zero-order valence-electron chi connectivity index (χ0n) is 16.6. The van der Waals surface area contributed by atoms with Gasteiger partial charge in [0.15, 0.2) is 0 Å². The molecule has 0 fully saturated rings. The van der Waals surface area contributed by atoms with Crippen LogP contribution in [0.25, 0.3) is 11.1 Å². The van der Waals surface area contributed by atoms with Gasteiger partial charge in [-0.2, -0.15) is 0 Å². The molecule has 8 heteroatoms. The van der Waals surface area contributed by atoms with E-state index in [2.05, 4.69) is 9.44 Å². The van der Waals surface area contributed by atoms with Crippen molar-refractivity contribution >= 4 is 20.0 Å². The monoisotopic (exact) mass is 424 g/mol. The van der Waals surface area contributed by atoms with Crippen LogP contribution in [0.15, 0.2) is 48.5 Å². The lowest BCUT2D eigenvalue weighted by molar-refractivity contribution is 0.579. The van der Waals surface area contributed by atoms with Crippen LogP contribution in [-0.4, -0.2) is 42.4 Å². The molecule has 154 valence electrons. The predicted octanol–water partition coefficient (Wildman–Crippen LogP) is 2.66. The van der Waals surface area contributed by atoms with Crippen molar-refractivity contribution in [2.24, 2.45) is 0 Å². The molecule has 6 nitrogen and oxygen atoms in total. The third kappa shape index (κ3) is 7.35. The second kappa shape index (κ2) is 9.17. The molecule has 0 saturated heterocycles. The van der Waals surface area contributed by atoms with E-state index >= 15 is 0 Å². The van der Waals surface area contributed by atoms with Gasteiger partial charge in [-0.1, -0.05) is 62.4 Å². The summed E-state index contributed by atoms with van der Waals surface area (Å²) in [5.41, 5.74) is 4.27. The van der Waals surface area contributed by atoms with Crippen molar-refractivity contribution in [1.29, 1.82) is 0 Å². The molecule has 2 aromatic carbocycles. The molecule has 0 bridgehead atoms. The molecule has 0 amide bonds. The molecular formula is C20H28N2O4S2. The van der Waals surface area contributed by atoms with Gasteiger partial charge in [0.25, 0.3) is 0 Å². The summed E-state index contributed by atoms with van der Waals surface area (Å²) in [5.74, 6) is 0.156. The highest BCUT2D eigenvalue weighted by molar-refractivity contribution is 7.89. The Morgan fingerprint density at radius 2 is 0.929 bits per heavy atom. The Balaban J connectivity index is 2.03. The van der Waals surface area contributed by atoms with E-state index in [9.17, 15) is 16.8 Å². The van der Waals surface area contributed by atoms with Crippen molar-refractivity contribution in [1.82, 2.24) is 9.44 Å². The van der Waals surface area contributed by atoms with E-state index in [-0.39, 0.29) is 11.8 Å². The van der Waals surface area contributed by atoms with Crippen LogP contribution in [0.5, 0.6) is 0 Å². The van der Waals surface area contributed by atoms with Crippen molar-refractivity contribution in [3.8, 4) is 11.1 Å². The fourth-order valence-electron chi connectivity index (χ4n) is 2.80. The summed E-state index contributed by atoms with van der Waals surface area (Å²) in [6, 6.07) is 16.1. The molecule has 0 aliphatic rings. The summed E-state index contributed by atoms with van der Waals surface area (Å²) in [5, 5.41) is 0. The van der Waals surface area contributed by atoms with Crippen LogP contribution in [0.1, 0.15) is 36.8 Å². The number of sulfonamides is 2. The Morgan fingerprint density at radius 1 is 0.643 bits per heavy atom. The lowest BCUT2D eigenvalue weighted by atomic mass is 9.95. The molecule has 0 unspecified atom stereocenters. The lowest BCUT2D eigenvalue weighted by Crippen LogP contribution is -2.26. The standard InChI is InChI=1S/C20H28N2O4S2/c1-15(13-21-27(3,23)24)17-5-9-19(10-6-17)20-11-7-18(8-12-20)16(2)14-22-28(4,25)26/h5-12,15-16,21-22H,13-14H2,1-4H3/t15-,16-/m0/s1. The van der Waals surface area contributed by atoms with E-state index in [4.69, 9.17) is 0 Å². The van der Waals surface area contributed by atoms with Gasteiger partial charge in [-0.3, -0.25) is 0 Å². The van der Waals surface area contributed by atoms with Crippen LogP contribution < -0.4 is 9.44 Å². The average molecular weight is 425 g/mol. The Kier molecular flexibility index (Phi) is 7.39. The number of hydrogen-bond donors (Lipinski definition) is 2. The third-order valence-electron chi connectivity index (χ3n) is 4.60. The number of nitrogens with one attached hydrogen (secondary N) is 2. The fraction of sp³-hybridized carbons (Fsp3) is 0.400. The largest absolute Gasteiger partial charge is 0.215 e. The Morgan fingerprint density at radius 3 is 1.18 bits per heavy atom. The molecule has 28 heavy (non-hydrogen) atoms. The fourth-order valence-corrected chi connectivity index (χ4v) is 3.90. The van der Waals surface area contributed by atoms with Gasteiger partial charge in [-0.05, 0) is 34.1 Å². The van der Waals surface area contributed by atoms with Crippen molar-refractivity contribution < 1.29 is 16.8 Å². The maximum atomic E-state index is 11.2. The highest BCUT2D eigenvalue weighted by atomic mass is 32.2. The van der Waals surface area contributed by atoms with Crippen LogP contribution in [-0.2, 0) is 20.0 Å². The minimum atomic E-state index is -3.19. The van der Waals surface area contributed by atoms with Gasteiger partial charge in [0, 0.05) is 13.1 Å². The van der Waals surface area contributed by atoms with Gasteiger partial charge in [-0.15, -0.1) is 0 Å². The molecule has 2 N–H and O–H groups in total. The molecule has 0 saturated carbocycles. The molecule has 0 aliphatic heterocycles. The third-order valence-corrected chi connectivity index (χ3v) is 5.98. The number of benzene rings is 2. The topological polar surface area (TPSA) is 92.3 Å². The first-order chi connectivity index (χ1) is 12.9. The highest BCUT2D eigenvalue weighted by Crippen LogP contribution is 2.25. The van der Waals surface area contributed by atoms with Crippen LogP contribution in [0, 0.1) is 0 Å². The number of hydrogen-bond acceptors (Lipinski definition) is 4. The minimum Gasteiger partial charge on any atom is -0.215 e. The van der Waals surface area contributed by atoms with Crippen LogP contribution in [0.3, 0.4) is 0 Å². The van der Waals surface area contributed by atoms with E-state index in [1.54, 1.807) is 0 Å². The van der Waals surface area contributed by atoms with Crippen molar-refractivity contribution in [3.63, 3.8) is 0 Å². The molecular weight excluding hydrogens is 396 g/mol. The quantitative estimate of drug-likeness (QED) is 0.647. The van der Waals surface area contributed by atoms with Gasteiger partial charge in [0.05, 0.1) is 12.5 Å². The normalized spacial score (nSPS) is 14.6. The molecule has 0 aliphatic carbocycles. The second-order valence-electron chi connectivity index (χ2n) is 7.29. The highest BCUT2D eigenvalue weighted by Gasteiger charge is 2.11. The zero-order valence-corrected chi connectivity index (χ0v) is 18.3. The first-order valence-corrected chi connectivity index (χ1v) is 12.8. The van der Waals surface area contributed by atoms with Gasteiger partial charge in [-0.25, -0.2) is 26.3 Å². The number of rotatable bonds is 9. The zero-order chi connectivity index (χ0) is 20.9. The van der Waals surface area contributed by atoms with Gasteiger partial charge in [0.2, 0.25) is 20.0 Å². The summed E-state index contributed by atoms with van der Waals surface area (Å²) in [6.45, 7) is 4.69. The Labute approximate surface area is 168 Å². The van der Waals surface area contributed by atoms with Crippen molar-refractivity contribution in [2.45, 2.75) is 25.7 Å². The molecule has 0 aromatic heterocycles. The van der Waals surface area contributed by atoms with Gasteiger partial charge >= 0.3 is 0 Å². The minimum absolute atomic E-state index is 0.0781. The summed E-state index contributed by atoms with van der Waals surface area (Å²) in [7, 11) is -6.38. The van der Waals surface area contributed by atoms with Gasteiger partial charge < -0.3 is 0 Å². The average Bonchev–Trinajstić information content (AvgIpc) is 2.63. The maximum absolute atomic E-state index is 11.2. The van der Waals surface area contributed by atoms with Crippen LogP contribution in [0.4, 0.5) is 0 Å². The summed E-state index contributed by atoms with van der Waals surface area (Å²) >= 11 is 0. The SMILES string of the molecule is C[C@@H](CNS(C)(=O)=O)c1ccc(-c2ccc([C@@H](C)CNS(C)(=O)=O)cc2)cc1. The summed E-state index contributed by atoms with van der Waals surface area (Å²) in [4.78, 5) is 0. The Bertz CT molecular complexity index is 900. The first kappa shape index (κ1) is 22.5. The van der Waals surface area contributed by atoms with Crippen molar-refractivity contribution in [3.05, 3.63) is 59.7 Å². The van der Waals surface area contributed by atoms with E-state index in [0.717, 1.165) is 34.8 Å². The van der Waals surface area contributed by atoms with E-state index in [1.807, 2.05) is 62.4 Å². The maximum Gasteiger partial charge on any atom is 0.208 e. The Hall–Kier alpha value is -1.74. The van der Waals surface area contributed by atoms with E-state index in [1.165, 1.54) is 0 Å². The molecule has 2 rings (SSSR count). The van der Waals surface area contributed by atoms with E-state index < -0.39 is 20.0 Å². The predicted molar refractivity (Wildman–Crippen MR) is 114 cm³/mol. The molecule has 2 atom stereocenters. The summed E-state index contributed by atoms with van der Waals surface area (Å²) in [6.07, 6.45) is 2.31. The first-order valence-electron chi connectivity index (χ1n) is 9.04. The van der Waals surface area contributed by atoms with Crippen LogP contribution in [0.2, 0.25) is 0 Å². The smallest absolute Gasteiger partial charge is 0.208 e. The second-order valence-corrected chi connectivity index (χ2v) is 11.0. The van der Waals surface area contributed by atoms with Gasteiger partial charge in [0.1, 0.15) is 0 Å². The molecule has 2 aromatic rings. The molecule has 0 heterocycles. The van der Waals surface area contributed by atoms with Crippen LogP contribution >= 0.6 is 0 Å². The van der Waals surface area contributed by atoms with E-state index in [0.29, 0.717) is 13.1 Å². The molecule has 0 radical (unpaired) electrons. The summed E-state index contributed by atoms with van der Waals surface area (Å²) < 4.78 is 50.0. The molecule has 0 spiro atoms. The lowest BCUT2D eigenvalue weighted by Gasteiger charge is -2.14. The van der Waals surface area contributed by atoms with Crippen molar-refractivity contribution in [2.75, 3.05) is 25.6 Å².